The van der Waals surface area contributed by atoms with Crippen LogP contribution in [-0.4, -0.2) is 26.8 Å². The molecule has 1 aromatic carbocycles. The Morgan fingerprint density at radius 1 is 1.44 bits per heavy atom. The van der Waals surface area contributed by atoms with Crippen molar-refractivity contribution in [1.29, 1.82) is 0 Å². The number of hydrogen-bond donors (Lipinski definition) is 3. The van der Waals surface area contributed by atoms with E-state index in [2.05, 4.69) is 0 Å². The number of aromatic hydroxyl groups is 1. The van der Waals surface area contributed by atoms with Crippen molar-refractivity contribution in [2.24, 2.45) is 5.73 Å². The molecule has 1 heterocycles. The fourth-order valence-electron chi connectivity index (χ4n) is 1.67. The summed E-state index contributed by atoms with van der Waals surface area (Å²) in [5.41, 5.74) is 6.22. The molecule has 0 radical (unpaired) electrons. The fourth-order valence-corrected chi connectivity index (χ4v) is 1.67. The van der Waals surface area contributed by atoms with Crippen molar-refractivity contribution in [3.8, 4) is 5.75 Å². The maximum absolute atomic E-state index is 10.6. The number of hydrogen-bond acceptors (Lipinski definition) is 3. The van der Waals surface area contributed by atoms with Gasteiger partial charge in [0.15, 0.2) is 0 Å². The molecule has 0 spiro atoms. The molecule has 0 saturated heterocycles. The van der Waals surface area contributed by atoms with Gasteiger partial charge < -0.3 is 20.5 Å². The third kappa shape index (κ3) is 1.72. The maximum atomic E-state index is 10.6. The first-order valence-electron chi connectivity index (χ1n) is 4.85. The van der Waals surface area contributed by atoms with Gasteiger partial charge in [-0.15, -0.1) is 0 Å². The molecule has 0 aliphatic rings. The van der Waals surface area contributed by atoms with E-state index in [0.717, 1.165) is 5.52 Å². The Bertz CT molecular complexity index is 533. The zero-order valence-corrected chi connectivity index (χ0v) is 8.50. The van der Waals surface area contributed by atoms with Crippen LogP contribution in [-0.2, 0) is 11.3 Å². The van der Waals surface area contributed by atoms with Gasteiger partial charge >= 0.3 is 5.97 Å². The van der Waals surface area contributed by atoms with Crippen LogP contribution in [0.25, 0.3) is 10.9 Å². The number of fused-ring (bicyclic) bond motifs is 1. The monoisotopic (exact) mass is 220 g/mol. The van der Waals surface area contributed by atoms with E-state index in [1.54, 1.807) is 10.6 Å². The number of carboxylic acid groups (broad SMARTS) is 1. The molecule has 2 aromatic rings. The summed E-state index contributed by atoms with van der Waals surface area (Å²) >= 11 is 0. The molecule has 5 heteroatoms. The Balaban J connectivity index is 2.42. The van der Waals surface area contributed by atoms with Crippen LogP contribution >= 0.6 is 0 Å². The molecule has 0 aliphatic heterocycles. The molecule has 0 amide bonds. The molecular weight excluding hydrogens is 208 g/mol. The van der Waals surface area contributed by atoms with Gasteiger partial charge in [0, 0.05) is 18.1 Å². The van der Waals surface area contributed by atoms with Crippen LogP contribution in [0.1, 0.15) is 0 Å². The Labute approximate surface area is 91.7 Å². The normalized spacial score (nSPS) is 12.8. The summed E-state index contributed by atoms with van der Waals surface area (Å²) in [7, 11) is 0. The first-order valence-corrected chi connectivity index (χ1v) is 4.85. The summed E-state index contributed by atoms with van der Waals surface area (Å²) in [5.74, 6) is -0.926. The van der Waals surface area contributed by atoms with Gasteiger partial charge in [-0.2, -0.15) is 0 Å². The number of nitrogens with zero attached hydrogens (tertiary/aromatic N) is 1. The minimum atomic E-state index is -1.06. The molecule has 1 atom stereocenters. The second-order valence-corrected chi connectivity index (χ2v) is 3.63. The molecule has 2 rings (SSSR count). The van der Waals surface area contributed by atoms with E-state index in [-0.39, 0.29) is 12.3 Å². The predicted octanol–water partition coefficient (Wildman–Crippen LogP) is 0.759. The molecule has 84 valence electrons. The zero-order chi connectivity index (χ0) is 11.7. The summed E-state index contributed by atoms with van der Waals surface area (Å²) in [6.45, 7) is 0.135. The lowest BCUT2D eigenvalue weighted by Crippen LogP contribution is -2.34. The number of aromatic nitrogens is 1. The second-order valence-electron chi connectivity index (χ2n) is 3.63. The highest BCUT2D eigenvalue weighted by Gasteiger charge is 2.14. The molecule has 5 nitrogen and oxygen atoms in total. The van der Waals surface area contributed by atoms with Crippen LogP contribution in [0.15, 0.2) is 30.5 Å². The quantitative estimate of drug-likeness (QED) is 0.712. The van der Waals surface area contributed by atoms with Crippen LogP contribution in [0.2, 0.25) is 0 Å². The lowest BCUT2D eigenvalue weighted by Gasteiger charge is -2.08. The minimum Gasteiger partial charge on any atom is -0.506 e. The van der Waals surface area contributed by atoms with Gasteiger partial charge in [-0.05, 0) is 12.1 Å². The van der Waals surface area contributed by atoms with E-state index in [4.69, 9.17) is 10.8 Å². The van der Waals surface area contributed by atoms with E-state index in [0.29, 0.717) is 5.39 Å². The SMILES string of the molecule is NC(Cn1cc(O)c2ccccc21)C(=O)O. The fraction of sp³-hybridized carbons (Fsp3) is 0.182. The first-order chi connectivity index (χ1) is 7.59. The zero-order valence-electron chi connectivity index (χ0n) is 8.50. The van der Waals surface area contributed by atoms with Crippen molar-refractivity contribution >= 4 is 16.9 Å². The van der Waals surface area contributed by atoms with Crippen LogP contribution in [0.4, 0.5) is 0 Å². The molecular formula is C11H12N2O3. The lowest BCUT2D eigenvalue weighted by molar-refractivity contribution is -0.138. The summed E-state index contributed by atoms with van der Waals surface area (Å²) in [6, 6.07) is 6.24. The number of carbonyl (C=O) groups is 1. The third-order valence-corrected chi connectivity index (χ3v) is 2.48. The highest BCUT2D eigenvalue weighted by Crippen LogP contribution is 2.26. The number of nitrogens with two attached hydrogens (primary N) is 1. The van der Waals surface area contributed by atoms with E-state index in [1.807, 2.05) is 18.2 Å². The summed E-state index contributed by atoms with van der Waals surface area (Å²) in [6.07, 6.45) is 1.49. The van der Waals surface area contributed by atoms with Crippen LogP contribution in [0.3, 0.4) is 0 Å². The predicted molar refractivity (Wildman–Crippen MR) is 59.2 cm³/mol. The van der Waals surface area contributed by atoms with Gasteiger partial charge in [-0.1, -0.05) is 12.1 Å². The topological polar surface area (TPSA) is 88.5 Å². The van der Waals surface area contributed by atoms with Crippen LogP contribution < -0.4 is 5.73 Å². The molecule has 0 bridgehead atoms. The minimum absolute atomic E-state index is 0.133. The Hall–Kier alpha value is -2.01. The molecule has 4 N–H and O–H groups in total. The molecule has 1 aromatic heterocycles. The highest BCUT2D eigenvalue weighted by molar-refractivity contribution is 5.86. The summed E-state index contributed by atoms with van der Waals surface area (Å²) < 4.78 is 1.64. The molecule has 0 fully saturated rings. The van der Waals surface area contributed by atoms with Gasteiger partial charge in [0.1, 0.15) is 11.8 Å². The van der Waals surface area contributed by atoms with Gasteiger partial charge in [0.2, 0.25) is 0 Å². The van der Waals surface area contributed by atoms with Crippen molar-refractivity contribution < 1.29 is 15.0 Å². The van der Waals surface area contributed by atoms with Crippen LogP contribution in [0, 0.1) is 0 Å². The average Bonchev–Trinajstić information content (AvgIpc) is 2.57. The smallest absolute Gasteiger partial charge is 0.322 e. The van der Waals surface area contributed by atoms with Crippen molar-refractivity contribution in [2.45, 2.75) is 12.6 Å². The van der Waals surface area contributed by atoms with Gasteiger partial charge in [-0.3, -0.25) is 4.79 Å². The standard InChI is InChI=1S/C11H12N2O3/c12-8(11(15)16)5-13-6-10(14)7-3-1-2-4-9(7)13/h1-4,6,8,14H,5,12H2,(H,15,16). The van der Waals surface area contributed by atoms with Crippen molar-refractivity contribution in [1.82, 2.24) is 4.57 Å². The first kappa shape index (κ1) is 10.5. The van der Waals surface area contributed by atoms with Gasteiger partial charge in [0.05, 0.1) is 5.52 Å². The van der Waals surface area contributed by atoms with Gasteiger partial charge in [0.25, 0.3) is 0 Å². The van der Waals surface area contributed by atoms with Crippen molar-refractivity contribution in [2.75, 3.05) is 0 Å². The Morgan fingerprint density at radius 2 is 2.12 bits per heavy atom. The van der Waals surface area contributed by atoms with E-state index in [1.165, 1.54) is 6.20 Å². The number of carboxylic acids is 1. The van der Waals surface area contributed by atoms with E-state index < -0.39 is 12.0 Å². The molecule has 16 heavy (non-hydrogen) atoms. The van der Waals surface area contributed by atoms with Crippen molar-refractivity contribution in [3.63, 3.8) is 0 Å². The van der Waals surface area contributed by atoms with Crippen molar-refractivity contribution in [3.05, 3.63) is 30.5 Å². The van der Waals surface area contributed by atoms with E-state index >= 15 is 0 Å². The largest absolute Gasteiger partial charge is 0.506 e. The Morgan fingerprint density at radius 3 is 2.81 bits per heavy atom. The number of aliphatic carboxylic acids is 1. The maximum Gasteiger partial charge on any atom is 0.322 e. The lowest BCUT2D eigenvalue weighted by atomic mass is 10.2. The highest BCUT2D eigenvalue weighted by atomic mass is 16.4. The molecule has 0 aliphatic carbocycles. The number of benzene rings is 1. The van der Waals surface area contributed by atoms with E-state index in [9.17, 15) is 9.90 Å². The Kier molecular flexibility index (Phi) is 2.54. The average molecular weight is 220 g/mol. The van der Waals surface area contributed by atoms with Gasteiger partial charge in [-0.25, -0.2) is 0 Å². The second kappa shape index (κ2) is 3.86. The molecule has 0 saturated carbocycles. The molecule has 1 unspecified atom stereocenters. The number of para-hydroxylation sites is 1. The summed E-state index contributed by atoms with van der Waals surface area (Å²) in [5, 5.41) is 19.1. The summed E-state index contributed by atoms with van der Waals surface area (Å²) in [4.78, 5) is 10.6. The van der Waals surface area contributed by atoms with Crippen LogP contribution in [0.5, 0.6) is 5.75 Å². The third-order valence-electron chi connectivity index (χ3n) is 2.48. The number of rotatable bonds is 3.